The average Bonchev–Trinajstić information content (AvgIpc) is 2.26. The number of rotatable bonds is 7. The van der Waals surface area contributed by atoms with E-state index in [1.165, 1.54) is 5.56 Å². The van der Waals surface area contributed by atoms with E-state index in [0.717, 1.165) is 30.5 Å². The average molecular weight is 286 g/mol. The smallest absolute Gasteiger partial charge is 0.0465 e. The summed E-state index contributed by atoms with van der Waals surface area (Å²) < 4.78 is 6.30. The minimum atomic E-state index is 0.638. The predicted octanol–water partition coefficient (Wildman–Crippen LogP) is 2.86. The normalized spacial score (nSPS) is 12.7. The number of halogens is 1. The van der Waals surface area contributed by atoms with Gasteiger partial charge in [0, 0.05) is 18.2 Å². The van der Waals surface area contributed by atoms with Gasteiger partial charge in [-0.1, -0.05) is 28.1 Å². The summed E-state index contributed by atoms with van der Waals surface area (Å²) in [6.07, 6.45) is 2.20. The fraction of sp³-hybridized carbons (Fsp3) is 0.538. The van der Waals surface area contributed by atoms with Crippen LogP contribution in [0.5, 0.6) is 0 Å². The number of methoxy groups -OCH3 is 1. The minimum Gasteiger partial charge on any atom is -0.385 e. The Morgan fingerprint density at radius 3 is 2.88 bits per heavy atom. The number of nitrogens with one attached hydrogen (secondary N) is 1. The summed E-state index contributed by atoms with van der Waals surface area (Å²) in [4.78, 5) is 0. The topological polar surface area (TPSA) is 21.3 Å². The SMILES string of the molecule is CNCC(CCOC)Cc1cccc(Br)c1. The zero-order valence-electron chi connectivity index (χ0n) is 10.0. The zero-order chi connectivity index (χ0) is 11.8. The summed E-state index contributed by atoms with van der Waals surface area (Å²) in [7, 11) is 3.76. The molecule has 1 aromatic rings. The van der Waals surface area contributed by atoms with Gasteiger partial charge in [-0.05, 0) is 50.0 Å². The molecule has 1 unspecified atom stereocenters. The van der Waals surface area contributed by atoms with Gasteiger partial charge in [0.2, 0.25) is 0 Å². The summed E-state index contributed by atoms with van der Waals surface area (Å²) >= 11 is 3.50. The second-order valence-corrected chi connectivity index (χ2v) is 4.95. The quantitative estimate of drug-likeness (QED) is 0.832. The summed E-state index contributed by atoms with van der Waals surface area (Å²) in [5.74, 6) is 0.638. The summed E-state index contributed by atoms with van der Waals surface area (Å²) in [6, 6.07) is 8.52. The van der Waals surface area contributed by atoms with Crippen LogP contribution in [-0.2, 0) is 11.2 Å². The van der Waals surface area contributed by atoms with Gasteiger partial charge in [-0.25, -0.2) is 0 Å². The molecule has 1 aromatic carbocycles. The third-order valence-electron chi connectivity index (χ3n) is 2.64. The third kappa shape index (κ3) is 5.10. The van der Waals surface area contributed by atoms with Crippen molar-refractivity contribution in [1.29, 1.82) is 0 Å². The van der Waals surface area contributed by atoms with E-state index in [1.54, 1.807) is 7.11 Å². The molecule has 2 nitrogen and oxygen atoms in total. The highest BCUT2D eigenvalue weighted by Crippen LogP contribution is 2.16. The lowest BCUT2D eigenvalue weighted by Crippen LogP contribution is -2.22. The van der Waals surface area contributed by atoms with Gasteiger partial charge in [-0.3, -0.25) is 0 Å². The highest BCUT2D eigenvalue weighted by atomic mass is 79.9. The molecule has 0 bridgehead atoms. The molecule has 0 aliphatic heterocycles. The van der Waals surface area contributed by atoms with Crippen molar-refractivity contribution < 1.29 is 4.74 Å². The van der Waals surface area contributed by atoms with Crippen LogP contribution in [0, 0.1) is 5.92 Å². The predicted molar refractivity (Wildman–Crippen MR) is 71.8 cm³/mol. The molecule has 0 aliphatic carbocycles. The van der Waals surface area contributed by atoms with Crippen LogP contribution in [0.4, 0.5) is 0 Å². The molecule has 0 aromatic heterocycles. The largest absolute Gasteiger partial charge is 0.385 e. The van der Waals surface area contributed by atoms with E-state index in [1.807, 2.05) is 7.05 Å². The van der Waals surface area contributed by atoms with Crippen LogP contribution in [-0.4, -0.2) is 27.3 Å². The lowest BCUT2D eigenvalue weighted by atomic mass is 9.96. The molecule has 1 atom stereocenters. The van der Waals surface area contributed by atoms with Crippen molar-refractivity contribution >= 4 is 15.9 Å². The Balaban J connectivity index is 2.52. The number of ether oxygens (including phenoxy) is 1. The van der Waals surface area contributed by atoms with Gasteiger partial charge in [0.15, 0.2) is 0 Å². The number of benzene rings is 1. The molecule has 0 aliphatic rings. The van der Waals surface area contributed by atoms with Crippen molar-refractivity contribution in [2.24, 2.45) is 5.92 Å². The maximum Gasteiger partial charge on any atom is 0.0465 e. The molecule has 0 saturated carbocycles. The third-order valence-corrected chi connectivity index (χ3v) is 3.13. The Labute approximate surface area is 107 Å². The number of hydrogen-bond donors (Lipinski definition) is 1. The van der Waals surface area contributed by atoms with Gasteiger partial charge in [0.05, 0.1) is 0 Å². The van der Waals surface area contributed by atoms with E-state index in [-0.39, 0.29) is 0 Å². The van der Waals surface area contributed by atoms with Gasteiger partial charge in [-0.15, -0.1) is 0 Å². The van der Waals surface area contributed by atoms with E-state index >= 15 is 0 Å². The van der Waals surface area contributed by atoms with Gasteiger partial charge < -0.3 is 10.1 Å². The van der Waals surface area contributed by atoms with Gasteiger partial charge in [0.1, 0.15) is 0 Å². The number of hydrogen-bond acceptors (Lipinski definition) is 2. The van der Waals surface area contributed by atoms with E-state index in [2.05, 4.69) is 45.5 Å². The first-order valence-electron chi connectivity index (χ1n) is 5.64. The molecule has 0 saturated heterocycles. The Morgan fingerprint density at radius 2 is 2.25 bits per heavy atom. The Hall–Kier alpha value is -0.380. The molecule has 1 N–H and O–H groups in total. The standard InChI is InChI=1S/C13H20BrNO/c1-15-10-12(6-7-16-2)8-11-4-3-5-13(14)9-11/h3-5,9,12,15H,6-8,10H2,1-2H3. The first kappa shape index (κ1) is 13.7. The lowest BCUT2D eigenvalue weighted by molar-refractivity contribution is 0.176. The molecule has 0 amide bonds. The van der Waals surface area contributed by atoms with E-state index < -0.39 is 0 Å². The molecule has 1 rings (SSSR count). The van der Waals surface area contributed by atoms with E-state index in [0.29, 0.717) is 5.92 Å². The Bertz CT molecular complexity index is 304. The first-order chi connectivity index (χ1) is 7.76. The van der Waals surface area contributed by atoms with Crippen LogP contribution in [0.1, 0.15) is 12.0 Å². The van der Waals surface area contributed by atoms with Crippen molar-refractivity contribution in [1.82, 2.24) is 5.32 Å². The molecule has 3 heteroatoms. The van der Waals surface area contributed by atoms with Gasteiger partial charge >= 0.3 is 0 Å². The maximum absolute atomic E-state index is 5.14. The van der Waals surface area contributed by atoms with Crippen molar-refractivity contribution in [2.75, 3.05) is 27.3 Å². The monoisotopic (exact) mass is 285 g/mol. The highest BCUT2D eigenvalue weighted by molar-refractivity contribution is 9.10. The lowest BCUT2D eigenvalue weighted by Gasteiger charge is -2.16. The first-order valence-corrected chi connectivity index (χ1v) is 6.43. The minimum absolute atomic E-state index is 0.638. The fourth-order valence-corrected chi connectivity index (χ4v) is 2.29. The van der Waals surface area contributed by atoms with Crippen LogP contribution in [0.15, 0.2) is 28.7 Å². The van der Waals surface area contributed by atoms with Crippen LogP contribution in [0.3, 0.4) is 0 Å². The summed E-state index contributed by atoms with van der Waals surface area (Å²) in [5.41, 5.74) is 1.38. The van der Waals surface area contributed by atoms with Crippen LogP contribution in [0.2, 0.25) is 0 Å². The molecule has 90 valence electrons. The molecule has 0 spiro atoms. The van der Waals surface area contributed by atoms with Crippen molar-refractivity contribution in [3.8, 4) is 0 Å². The Kier molecular flexibility index (Phi) is 6.69. The van der Waals surface area contributed by atoms with Crippen molar-refractivity contribution in [3.63, 3.8) is 0 Å². The van der Waals surface area contributed by atoms with E-state index in [9.17, 15) is 0 Å². The highest BCUT2D eigenvalue weighted by Gasteiger charge is 2.08. The molecular formula is C13H20BrNO. The summed E-state index contributed by atoms with van der Waals surface area (Å²) in [5, 5.41) is 3.24. The second-order valence-electron chi connectivity index (χ2n) is 4.04. The maximum atomic E-state index is 5.14. The van der Waals surface area contributed by atoms with E-state index in [4.69, 9.17) is 4.74 Å². The van der Waals surface area contributed by atoms with Gasteiger partial charge in [0.25, 0.3) is 0 Å². The molecular weight excluding hydrogens is 266 g/mol. The molecule has 0 fully saturated rings. The molecule has 0 radical (unpaired) electrons. The van der Waals surface area contributed by atoms with Crippen LogP contribution in [0.25, 0.3) is 0 Å². The van der Waals surface area contributed by atoms with Crippen LogP contribution < -0.4 is 5.32 Å². The Morgan fingerprint density at radius 1 is 1.44 bits per heavy atom. The van der Waals surface area contributed by atoms with Gasteiger partial charge in [-0.2, -0.15) is 0 Å². The molecule has 0 heterocycles. The molecule has 16 heavy (non-hydrogen) atoms. The second kappa shape index (κ2) is 7.82. The zero-order valence-corrected chi connectivity index (χ0v) is 11.6. The fourth-order valence-electron chi connectivity index (χ4n) is 1.85. The van der Waals surface area contributed by atoms with Crippen molar-refractivity contribution in [3.05, 3.63) is 34.3 Å². The van der Waals surface area contributed by atoms with Crippen molar-refractivity contribution in [2.45, 2.75) is 12.8 Å². The van der Waals surface area contributed by atoms with Crippen LogP contribution >= 0.6 is 15.9 Å². The summed E-state index contributed by atoms with van der Waals surface area (Å²) in [6.45, 7) is 1.87.